The van der Waals surface area contributed by atoms with Crippen molar-refractivity contribution in [3.63, 3.8) is 0 Å². The number of hydrogen-bond acceptors (Lipinski definition) is 4. The molecule has 0 aliphatic rings. The largest absolute Gasteiger partial charge is 0.494 e. The van der Waals surface area contributed by atoms with Crippen molar-refractivity contribution in [2.75, 3.05) is 18.5 Å². The first-order valence-electron chi connectivity index (χ1n) is 11.1. The summed E-state index contributed by atoms with van der Waals surface area (Å²) in [5.74, 6) is 1.65. The second-order valence-electron chi connectivity index (χ2n) is 7.73. The van der Waals surface area contributed by atoms with E-state index >= 15 is 0 Å². The summed E-state index contributed by atoms with van der Waals surface area (Å²) in [6.45, 7) is 7.69. The lowest BCUT2D eigenvalue weighted by molar-refractivity contribution is -0.119. The van der Waals surface area contributed by atoms with E-state index in [2.05, 4.69) is 17.6 Å². The predicted molar refractivity (Wildman–Crippen MR) is 123 cm³/mol. The van der Waals surface area contributed by atoms with Crippen LogP contribution < -0.4 is 20.1 Å². The number of nitrogens with one attached hydrogen (secondary N) is 2. The third kappa shape index (κ3) is 9.68. The van der Waals surface area contributed by atoms with Gasteiger partial charge in [0.05, 0.1) is 19.3 Å². The van der Waals surface area contributed by atoms with Gasteiger partial charge in [-0.05, 0) is 62.2 Å². The summed E-state index contributed by atoms with van der Waals surface area (Å²) in [7, 11) is 0. The second kappa shape index (κ2) is 13.5. The van der Waals surface area contributed by atoms with E-state index in [4.69, 9.17) is 9.47 Å². The van der Waals surface area contributed by atoms with Crippen LogP contribution in [0.4, 0.5) is 5.69 Å². The number of unbranched alkanes of at least 4 members (excludes halogenated alkanes) is 4. The molecule has 164 valence electrons. The molecule has 0 aromatic heterocycles. The molecule has 0 atom stereocenters. The van der Waals surface area contributed by atoms with Gasteiger partial charge in [-0.25, -0.2) is 0 Å². The summed E-state index contributed by atoms with van der Waals surface area (Å²) in [4.78, 5) is 12.1. The first-order valence-corrected chi connectivity index (χ1v) is 11.1. The first-order chi connectivity index (χ1) is 14.6. The summed E-state index contributed by atoms with van der Waals surface area (Å²) in [6, 6.07) is 15.5. The molecule has 5 nitrogen and oxygen atoms in total. The predicted octanol–water partition coefficient (Wildman–Crippen LogP) is 5.55. The van der Waals surface area contributed by atoms with Gasteiger partial charge in [-0.1, -0.05) is 44.7 Å². The van der Waals surface area contributed by atoms with E-state index < -0.39 is 0 Å². The molecule has 0 unspecified atom stereocenters. The molecule has 2 N–H and O–H groups in total. The number of carbonyl (C=O) groups excluding carboxylic acids is 1. The Kier molecular flexibility index (Phi) is 10.6. The summed E-state index contributed by atoms with van der Waals surface area (Å²) < 4.78 is 11.4. The highest BCUT2D eigenvalue weighted by molar-refractivity contribution is 5.80. The van der Waals surface area contributed by atoms with Crippen LogP contribution in [0, 0.1) is 0 Å². The highest BCUT2D eigenvalue weighted by Gasteiger charge is 2.03. The maximum absolute atomic E-state index is 12.1. The van der Waals surface area contributed by atoms with Crippen molar-refractivity contribution in [3.05, 3.63) is 54.1 Å². The normalized spacial score (nSPS) is 10.7. The fourth-order valence-electron chi connectivity index (χ4n) is 2.97. The molecule has 0 bridgehead atoms. The zero-order valence-corrected chi connectivity index (χ0v) is 18.6. The second-order valence-corrected chi connectivity index (χ2v) is 7.73. The highest BCUT2D eigenvalue weighted by Crippen LogP contribution is 2.16. The van der Waals surface area contributed by atoms with Crippen molar-refractivity contribution in [1.29, 1.82) is 0 Å². The van der Waals surface area contributed by atoms with Gasteiger partial charge in [0.2, 0.25) is 5.91 Å². The Morgan fingerprint density at radius 1 is 0.900 bits per heavy atom. The molecular formula is C25H36N2O3. The summed E-state index contributed by atoms with van der Waals surface area (Å²) in [6.07, 6.45) is 6.30. The number of hydrogen-bond donors (Lipinski definition) is 2. The summed E-state index contributed by atoms with van der Waals surface area (Å²) >= 11 is 0. The fourth-order valence-corrected chi connectivity index (χ4v) is 2.97. The van der Waals surface area contributed by atoms with Gasteiger partial charge >= 0.3 is 0 Å². The average Bonchev–Trinajstić information content (AvgIpc) is 2.74. The fraction of sp³-hybridized carbons (Fsp3) is 0.480. The molecule has 30 heavy (non-hydrogen) atoms. The van der Waals surface area contributed by atoms with Gasteiger partial charge in [0, 0.05) is 12.2 Å². The number of ether oxygens (including phenoxy) is 2. The van der Waals surface area contributed by atoms with E-state index in [0.717, 1.165) is 35.8 Å². The molecule has 5 heteroatoms. The standard InChI is InChI=1S/C25H36N2O3/c1-4-5-6-7-8-17-29-23-15-11-22(12-16-23)26-19-25(28)27-18-21-9-13-24(14-10-21)30-20(2)3/h9-16,20,26H,4-8,17-19H2,1-3H3,(H,27,28). The van der Waals surface area contributed by atoms with Crippen molar-refractivity contribution < 1.29 is 14.3 Å². The minimum absolute atomic E-state index is 0.0510. The Morgan fingerprint density at radius 2 is 1.57 bits per heavy atom. The SMILES string of the molecule is CCCCCCCOc1ccc(NCC(=O)NCc2ccc(OC(C)C)cc2)cc1. The molecule has 0 aliphatic carbocycles. The van der Waals surface area contributed by atoms with E-state index in [9.17, 15) is 4.79 Å². The van der Waals surface area contributed by atoms with Crippen LogP contribution in [-0.2, 0) is 11.3 Å². The first kappa shape index (κ1) is 23.6. The molecule has 0 heterocycles. The third-order valence-electron chi connectivity index (χ3n) is 4.61. The molecule has 2 aromatic rings. The van der Waals surface area contributed by atoms with Crippen molar-refractivity contribution >= 4 is 11.6 Å². The van der Waals surface area contributed by atoms with Crippen LogP contribution in [0.2, 0.25) is 0 Å². The van der Waals surface area contributed by atoms with Gasteiger partial charge < -0.3 is 20.1 Å². The Hall–Kier alpha value is -2.69. The molecule has 0 fully saturated rings. The maximum atomic E-state index is 12.1. The van der Waals surface area contributed by atoms with Gasteiger partial charge in [-0.2, -0.15) is 0 Å². The third-order valence-corrected chi connectivity index (χ3v) is 4.61. The molecule has 0 saturated carbocycles. The number of rotatable bonds is 14. The Morgan fingerprint density at radius 3 is 2.23 bits per heavy atom. The smallest absolute Gasteiger partial charge is 0.239 e. The molecule has 0 spiro atoms. The number of anilines is 1. The van der Waals surface area contributed by atoms with E-state index in [1.807, 2.05) is 62.4 Å². The van der Waals surface area contributed by atoms with Crippen LogP contribution in [0.15, 0.2) is 48.5 Å². The van der Waals surface area contributed by atoms with Crippen LogP contribution in [-0.4, -0.2) is 25.2 Å². The zero-order chi connectivity index (χ0) is 21.6. The molecular weight excluding hydrogens is 376 g/mol. The Labute approximate surface area is 181 Å². The number of carbonyl (C=O) groups is 1. The molecule has 2 rings (SSSR count). The van der Waals surface area contributed by atoms with Crippen LogP contribution >= 0.6 is 0 Å². The van der Waals surface area contributed by atoms with E-state index in [-0.39, 0.29) is 18.6 Å². The Balaban J connectivity index is 1.63. The summed E-state index contributed by atoms with van der Waals surface area (Å²) in [5.41, 5.74) is 1.94. The van der Waals surface area contributed by atoms with Crippen LogP contribution in [0.3, 0.4) is 0 Å². The van der Waals surface area contributed by atoms with Crippen molar-refractivity contribution in [1.82, 2.24) is 5.32 Å². The van der Waals surface area contributed by atoms with Gasteiger partial charge in [0.15, 0.2) is 0 Å². The van der Waals surface area contributed by atoms with Crippen LogP contribution in [0.25, 0.3) is 0 Å². The molecule has 0 aliphatic heterocycles. The Bertz CT molecular complexity index is 727. The molecule has 2 aromatic carbocycles. The minimum Gasteiger partial charge on any atom is -0.494 e. The van der Waals surface area contributed by atoms with Crippen LogP contribution in [0.5, 0.6) is 11.5 Å². The molecule has 0 saturated heterocycles. The highest BCUT2D eigenvalue weighted by atomic mass is 16.5. The quantitative estimate of drug-likeness (QED) is 0.399. The van der Waals surface area contributed by atoms with Crippen molar-refractivity contribution in [3.8, 4) is 11.5 Å². The van der Waals surface area contributed by atoms with Gasteiger partial charge in [-0.15, -0.1) is 0 Å². The lowest BCUT2D eigenvalue weighted by Crippen LogP contribution is -2.29. The lowest BCUT2D eigenvalue weighted by atomic mass is 10.2. The summed E-state index contributed by atoms with van der Waals surface area (Å²) in [5, 5.41) is 6.06. The van der Waals surface area contributed by atoms with E-state index in [1.165, 1.54) is 25.7 Å². The van der Waals surface area contributed by atoms with Crippen molar-refractivity contribution in [2.24, 2.45) is 0 Å². The van der Waals surface area contributed by atoms with Gasteiger partial charge in [0.25, 0.3) is 0 Å². The zero-order valence-electron chi connectivity index (χ0n) is 18.6. The molecule has 0 radical (unpaired) electrons. The van der Waals surface area contributed by atoms with Crippen molar-refractivity contribution in [2.45, 2.75) is 65.5 Å². The van der Waals surface area contributed by atoms with E-state index in [0.29, 0.717) is 6.54 Å². The number of amides is 1. The maximum Gasteiger partial charge on any atom is 0.239 e. The van der Waals surface area contributed by atoms with E-state index in [1.54, 1.807) is 0 Å². The average molecular weight is 413 g/mol. The van der Waals surface area contributed by atoms with Gasteiger partial charge in [0.1, 0.15) is 11.5 Å². The monoisotopic (exact) mass is 412 g/mol. The van der Waals surface area contributed by atoms with Crippen LogP contribution in [0.1, 0.15) is 58.4 Å². The minimum atomic E-state index is -0.0510. The number of benzene rings is 2. The topological polar surface area (TPSA) is 59.6 Å². The van der Waals surface area contributed by atoms with Gasteiger partial charge in [-0.3, -0.25) is 4.79 Å². The molecule has 1 amide bonds. The lowest BCUT2D eigenvalue weighted by Gasteiger charge is -2.11.